The van der Waals surface area contributed by atoms with Crippen LogP contribution in [0.1, 0.15) is 26.3 Å². The Morgan fingerprint density at radius 2 is 1.74 bits per heavy atom. The number of rotatable bonds is 3. The molecule has 0 fully saturated rings. The van der Waals surface area contributed by atoms with E-state index >= 15 is 0 Å². The summed E-state index contributed by atoms with van der Waals surface area (Å²) < 4.78 is 5.11. The van der Waals surface area contributed by atoms with Crippen molar-refractivity contribution < 1.29 is 19.1 Å². The monoisotopic (exact) mass is 310 g/mol. The topological polar surface area (TPSA) is 75.7 Å². The Morgan fingerprint density at radius 3 is 2.48 bits per heavy atom. The molecule has 0 bridgehead atoms. The van der Waals surface area contributed by atoms with Gasteiger partial charge in [0.25, 0.3) is 11.8 Å². The van der Waals surface area contributed by atoms with E-state index in [1.807, 2.05) is 30.3 Å². The first-order chi connectivity index (χ1) is 11.1. The minimum absolute atomic E-state index is 0.151. The molecular weight excluding hydrogens is 296 g/mol. The van der Waals surface area contributed by atoms with Gasteiger partial charge in [0.05, 0.1) is 11.1 Å². The highest BCUT2D eigenvalue weighted by Crippen LogP contribution is 2.24. The van der Waals surface area contributed by atoms with E-state index in [0.29, 0.717) is 11.3 Å². The SMILES string of the molecule is CN1C(=O)c2ccc(NC(=O)OCc3ccccc3)cc2C1=O. The standard InChI is InChI=1S/C17H14N2O4/c1-19-15(20)13-8-7-12(9-14(13)16(19)21)18-17(22)23-10-11-5-3-2-4-6-11/h2-9H,10H2,1H3,(H,18,22). The fourth-order valence-electron chi connectivity index (χ4n) is 2.32. The number of hydrogen-bond acceptors (Lipinski definition) is 4. The van der Waals surface area contributed by atoms with Gasteiger partial charge >= 0.3 is 6.09 Å². The molecule has 0 saturated heterocycles. The van der Waals surface area contributed by atoms with Gasteiger partial charge < -0.3 is 4.74 Å². The molecule has 3 amide bonds. The summed E-state index contributed by atoms with van der Waals surface area (Å²) >= 11 is 0. The molecule has 0 unspecified atom stereocenters. The molecule has 0 aliphatic carbocycles. The van der Waals surface area contributed by atoms with E-state index < -0.39 is 6.09 Å². The molecule has 0 aromatic heterocycles. The Kier molecular flexibility index (Phi) is 3.80. The Labute approximate surface area is 132 Å². The van der Waals surface area contributed by atoms with Gasteiger partial charge in [-0.25, -0.2) is 4.79 Å². The van der Waals surface area contributed by atoms with E-state index in [1.54, 1.807) is 6.07 Å². The lowest BCUT2D eigenvalue weighted by Gasteiger charge is -2.07. The molecular formula is C17H14N2O4. The van der Waals surface area contributed by atoms with Gasteiger partial charge in [-0.2, -0.15) is 0 Å². The van der Waals surface area contributed by atoms with Crippen LogP contribution in [0.15, 0.2) is 48.5 Å². The van der Waals surface area contributed by atoms with E-state index in [0.717, 1.165) is 10.5 Å². The molecule has 116 valence electrons. The summed E-state index contributed by atoms with van der Waals surface area (Å²) in [5.41, 5.74) is 1.89. The highest BCUT2D eigenvalue weighted by molar-refractivity contribution is 6.21. The van der Waals surface area contributed by atoms with Gasteiger partial charge in [-0.3, -0.25) is 19.8 Å². The van der Waals surface area contributed by atoms with Crippen LogP contribution in [0.3, 0.4) is 0 Å². The molecule has 6 heteroatoms. The summed E-state index contributed by atoms with van der Waals surface area (Å²) in [5, 5.41) is 2.55. The van der Waals surface area contributed by atoms with Crippen molar-refractivity contribution in [1.29, 1.82) is 0 Å². The van der Waals surface area contributed by atoms with Crippen LogP contribution in [-0.4, -0.2) is 29.9 Å². The summed E-state index contributed by atoms with van der Waals surface area (Å²) in [4.78, 5) is 36.6. The summed E-state index contributed by atoms with van der Waals surface area (Å²) in [6, 6.07) is 13.9. The molecule has 0 atom stereocenters. The number of nitrogens with one attached hydrogen (secondary N) is 1. The largest absolute Gasteiger partial charge is 0.444 e. The van der Waals surface area contributed by atoms with E-state index in [-0.39, 0.29) is 24.0 Å². The van der Waals surface area contributed by atoms with E-state index in [1.165, 1.54) is 19.2 Å². The predicted molar refractivity (Wildman–Crippen MR) is 83.1 cm³/mol. The van der Waals surface area contributed by atoms with Crippen molar-refractivity contribution in [1.82, 2.24) is 4.90 Å². The first kappa shape index (κ1) is 14.8. The number of imide groups is 1. The molecule has 3 rings (SSSR count). The van der Waals surface area contributed by atoms with Crippen molar-refractivity contribution in [3.63, 3.8) is 0 Å². The zero-order chi connectivity index (χ0) is 16.4. The third-order valence-corrected chi connectivity index (χ3v) is 3.55. The average Bonchev–Trinajstić information content (AvgIpc) is 2.78. The first-order valence-corrected chi connectivity index (χ1v) is 7.00. The lowest BCUT2D eigenvalue weighted by Crippen LogP contribution is -2.24. The number of fused-ring (bicyclic) bond motifs is 1. The van der Waals surface area contributed by atoms with Crippen molar-refractivity contribution in [2.24, 2.45) is 0 Å². The molecule has 0 saturated carbocycles. The lowest BCUT2D eigenvalue weighted by atomic mass is 10.1. The Balaban J connectivity index is 1.66. The van der Waals surface area contributed by atoms with Crippen LogP contribution in [0.25, 0.3) is 0 Å². The summed E-state index contributed by atoms with van der Waals surface area (Å²) in [7, 11) is 1.42. The van der Waals surface area contributed by atoms with Gasteiger partial charge in [0, 0.05) is 12.7 Å². The second kappa shape index (κ2) is 5.92. The van der Waals surface area contributed by atoms with Gasteiger partial charge in [-0.15, -0.1) is 0 Å². The third-order valence-electron chi connectivity index (χ3n) is 3.55. The van der Waals surface area contributed by atoms with Crippen LogP contribution < -0.4 is 5.32 Å². The molecule has 0 spiro atoms. The fourth-order valence-corrected chi connectivity index (χ4v) is 2.32. The minimum atomic E-state index is -0.626. The number of carbonyl (C=O) groups excluding carboxylic acids is 3. The molecule has 1 aliphatic rings. The Hall–Kier alpha value is -3.15. The van der Waals surface area contributed by atoms with Gasteiger partial charge in [0.15, 0.2) is 0 Å². The van der Waals surface area contributed by atoms with Crippen molar-refractivity contribution in [2.75, 3.05) is 12.4 Å². The predicted octanol–water partition coefficient (Wildman–Crippen LogP) is 2.66. The van der Waals surface area contributed by atoms with Crippen molar-refractivity contribution >= 4 is 23.6 Å². The average molecular weight is 310 g/mol. The van der Waals surface area contributed by atoms with Crippen LogP contribution in [0.5, 0.6) is 0 Å². The van der Waals surface area contributed by atoms with Crippen molar-refractivity contribution in [3.8, 4) is 0 Å². The highest BCUT2D eigenvalue weighted by Gasteiger charge is 2.32. The molecule has 6 nitrogen and oxygen atoms in total. The van der Waals surface area contributed by atoms with Crippen LogP contribution in [0, 0.1) is 0 Å². The summed E-state index contributed by atoms with van der Waals surface area (Å²) in [6.45, 7) is 0.151. The molecule has 2 aromatic carbocycles. The van der Waals surface area contributed by atoms with Gasteiger partial charge in [0.2, 0.25) is 0 Å². The zero-order valence-corrected chi connectivity index (χ0v) is 12.4. The Morgan fingerprint density at radius 1 is 1.04 bits per heavy atom. The van der Waals surface area contributed by atoms with Crippen LogP contribution in [0.4, 0.5) is 10.5 Å². The van der Waals surface area contributed by atoms with Crippen LogP contribution in [-0.2, 0) is 11.3 Å². The fraction of sp³-hybridized carbons (Fsp3) is 0.118. The normalized spacial score (nSPS) is 13.0. The number of hydrogen-bond donors (Lipinski definition) is 1. The first-order valence-electron chi connectivity index (χ1n) is 7.00. The number of carbonyl (C=O) groups is 3. The number of amides is 3. The minimum Gasteiger partial charge on any atom is -0.444 e. The maximum absolute atomic E-state index is 11.9. The van der Waals surface area contributed by atoms with E-state index in [4.69, 9.17) is 4.74 Å². The number of nitrogens with zero attached hydrogens (tertiary/aromatic N) is 1. The molecule has 1 aliphatic heterocycles. The smallest absolute Gasteiger partial charge is 0.411 e. The van der Waals surface area contributed by atoms with E-state index in [9.17, 15) is 14.4 Å². The molecule has 2 aromatic rings. The summed E-state index contributed by atoms with van der Waals surface area (Å²) in [5.74, 6) is -0.727. The number of anilines is 1. The molecule has 23 heavy (non-hydrogen) atoms. The number of ether oxygens (including phenoxy) is 1. The van der Waals surface area contributed by atoms with Crippen LogP contribution >= 0.6 is 0 Å². The van der Waals surface area contributed by atoms with Gasteiger partial charge in [-0.1, -0.05) is 30.3 Å². The van der Waals surface area contributed by atoms with Crippen LogP contribution in [0.2, 0.25) is 0 Å². The van der Waals surface area contributed by atoms with Gasteiger partial charge in [-0.05, 0) is 23.8 Å². The zero-order valence-electron chi connectivity index (χ0n) is 12.4. The molecule has 0 radical (unpaired) electrons. The summed E-state index contributed by atoms with van der Waals surface area (Å²) in [6.07, 6.45) is -0.626. The Bertz CT molecular complexity index is 786. The third kappa shape index (κ3) is 2.91. The molecule has 1 heterocycles. The van der Waals surface area contributed by atoms with Crippen molar-refractivity contribution in [3.05, 3.63) is 65.2 Å². The maximum atomic E-state index is 11.9. The maximum Gasteiger partial charge on any atom is 0.411 e. The second-order valence-corrected chi connectivity index (χ2v) is 5.12. The van der Waals surface area contributed by atoms with E-state index in [2.05, 4.69) is 5.32 Å². The molecule has 1 N–H and O–H groups in total. The quantitative estimate of drug-likeness (QED) is 0.884. The number of benzene rings is 2. The second-order valence-electron chi connectivity index (χ2n) is 5.12. The lowest BCUT2D eigenvalue weighted by molar-refractivity contribution is 0.0693. The van der Waals surface area contributed by atoms with Gasteiger partial charge in [0.1, 0.15) is 6.61 Å². The highest BCUT2D eigenvalue weighted by atomic mass is 16.5. The van der Waals surface area contributed by atoms with Crippen molar-refractivity contribution in [2.45, 2.75) is 6.61 Å².